The van der Waals surface area contributed by atoms with Crippen molar-refractivity contribution in [2.24, 2.45) is 17.0 Å². The number of β-lactam (4-membered cyclic amide) rings is 1. The Kier molecular flexibility index (Phi) is 7.37. The quantitative estimate of drug-likeness (QED) is 0.247. The number of carbonyl (C=O) groups excluding carboxylic acids is 3. The Labute approximate surface area is 196 Å². The van der Waals surface area contributed by atoms with Gasteiger partial charge in [0.05, 0.1) is 18.0 Å². The first kappa shape index (κ1) is 25.0. The van der Waals surface area contributed by atoms with Crippen molar-refractivity contribution < 1.29 is 29.1 Å². The Bertz CT molecular complexity index is 919. The average Bonchev–Trinajstić information content (AvgIpc) is 3.29. The highest BCUT2D eigenvalue weighted by Crippen LogP contribution is 2.51. The molecule has 0 bridgehead atoms. The molecule has 3 aliphatic heterocycles. The topological polar surface area (TPSA) is 141 Å². The number of nitrogens with one attached hydrogen (secondary N) is 2. The molecule has 3 rings (SSSR count). The molecule has 0 radical (unpaired) electrons. The molecule has 6 atom stereocenters. The van der Waals surface area contributed by atoms with Crippen LogP contribution in [0.25, 0.3) is 0 Å². The molecule has 1 unspecified atom stereocenters. The molecule has 3 N–H and O–H groups in total. The van der Waals surface area contributed by atoms with Crippen LogP contribution in [0, 0.1) is 11.8 Å². The molecule has 2 fully saturated rings. The number of thioether (sulfide) groups is 1. The van der Waals surface area contributed by atoms with Crippen molar-refractivity contribution >= 4 is 41.2 Å². The third-order valence-electron chi connectivity index (χ3n) is 6.37. The SMILES string of the molecule is CO/N=C(\C)C(=O)NC(C)[C@H]1C(=O)N2C(C(=O)O)=C(S[C@@H]3CN[C@H](C(=O)N(C)C)C3)[C@H](C)[C@H]12. The van der Waals surface area contributed by atoms with Crippen LogP contribution in [-0.2, 0) is 24.0 Å². The molecule has 0 spiro atoms. The molecule has 3 aliphatic rings. The minimum atomic E-state index is -1.15. The highest BCUT2D eigenvalue weighted by Gasteiger charge is 2.60. The van der Waals surface area contributed by atoms with E-state index in [9.17, 15) is 24.3 Å². The predicted octanol–water partition coefficient (Wildman–Crippen LogP) is -0.162. The van der Waals surface area contributed by atoms with E-state index in [0.29, 0.717) is 17.9 Å². The van der Waals surface area contributed by atoms with Gasteiger partial charge in [0.1, 0.15) is 18.5 Å². The number of carboxylic acids is 1. The van der Waals surface area contributed by atoms with Gasteiger partial charge in [-0.1, -0.05) is 12.1 Å². The van der Waals surface area contributed by atoms with Gasteiger partial charge in [0.25, 0.3) is 5.91 Å². The molecule has 11 nitrogen and oxygen atoms in total. The number of nitrogens with zero attached hydrogens (tertiary/aromatic N) is 3. The summed E-state index contributed by atoms with van der Waals surface area (Å²) >= 11 is 1.43. The van der Waals surface area contributed by atoms with Gasteiger partial charge in [0, 0.05) is 42.8 Å². The molecule has 3 amide bonds. The van der Waals surface area contributed by atoms with E-state index < -0.39 is 23.8 Å². The maximum Gasteiger partial charge on any atom is 0.353 e. The van der Waals surface area contributed by atoms with Crippen LogP contribution in [0.4, 0.5) is 0 Å². The summed E-state index contributed by atoms with van der Waals surface area (Å²) in [7, 11) is 4.74. The first-order valence-electron chi connectivity index (χ1n) is 10.8. The fourth-order valence-electron chi connectivity index (χ4n) is 4.75. The van der Waals surface area contributed by atoms with Crippen molar-refractivity contribution in [3.05, 3.63) is 10.6 Å². The molecule has 12 heteroatoms. The van der Waals surface area contributed by atoms with Crippen LogP contribution in [0.3, 0.4) is 0 Å². The van der Waals surface area contributed by atoms with Gasteiger partial charge in [0.15, 0.2) is 0 Å². The number of carboxylic acid groups (broad SMARTS) is 1. The Morgan fingerprint density at radius 1 is 1.36 bits per heavy atom. The molecule has 182 valence electrons. The highest BCUT2D eigenvalue weighted by atomic mass is 32.2. The van der Waals surface area contributed by atoms with Crippen molar-refractivity contribution in [2.45, 2.75) is 50.6 Å². The number of aliphatic carboxylic acids is 1. The van der Waals surface area contributed by atoms with Gasteiger partial charge in [-0.05, 0) is 20.3 Å². The number of amides is 3. The Hall–Kier alpha value is -2.60. The number of fused-ring (bicyclic) bond motifs is 1. The van der Waals surface area contributed by atoms with Crippen LogP contribution in [0.15, 0.2) is 15.8 Å². The number of hydrogen-bond donors (Lipinski definition) is 3. The number of hydrogen-bond acceptors (Lipinski definition) is 8. The van der Waals surface area contributed by atoms with Crippen molar-refractivity contribution in [3.63, 3.8) is 0 Å². The summed E-state index contributed by atoms with van der Waals surface area (Å²) in [5, 5.41) is 19.5. The summed E-state index contributed by atoms with van der Waals surface area (Å²) < 4.78 is 0. The summed E-state index contributed by atoms with van der Waals surface area (Å²) in [5.74, 6) is -2.68. The lowest BCUT2D eigenvalue weighted by Gasteiger charge is -2.47. The van der Waals surface area contributed by atoms with E-state index >= 15 is 0 Å². The van der Waals surface area contributed by atoms with Crippen LogP contribution in [0.1, 0.15) is 27.2 Å². The van der Waals surface area contributed by atoms with E-state index in [-0.39, 0.29) is 46.5 Å². The van der Waals surface area contributed by atoms with Crippen LogP contribution < -0.4 is 10.6 Å². The number of rotatable bonds is 8. The lowest BCUT2D eigenvalue weighted by Crippen LogP contribution is -2.66. The minimum absolute atomic E-state index is 0.0109. The largest absolute Gasteiger partial charge is 0.477 e. The second kappa shape index (κ2) is 9.72. The Balaban J connectivity index is 1.74. The molecule has 2 saturated heterocycles. The van der Waals surface area contributed by atoms with Crippen molar-refractivity contribution in [1.82, 2.24) is 20.4 Å². The molecule has 0 aromatic heterocycles. The van der Waals surface area contributed by atoms with Crippen molar-refractivity contribution in [1.29, 1.82) is 0 Å². The molecular formula is C21H31N5O6S. The third kappa shape index (κ3) is 4.58. The molecule has 3 heterocycles. The second-order valence-electron chi connectivity index (χ2n) is 8.82. The van der Waals surface area contributed by atoms with E-state index in [1.165, 1.54) is 35.6 Å². The zero-order valence-corrected chi connectivity index (χ0v) is 20.4. The summed E-state index contributed by atoms with van der Waals surface area (Å²) in [5.41, 5.74) is 0.139. The Morgan fingerprint density at radius 3 is 2.61 bits per heavy atom. The van der Waals surface area contributed by atoms with Gasteiger partial charge >= 0.3 is 5.97 Å². The Morgan fingerprint density at radius 2 is 2.03 bits per heavy atom. The fourth-order valence-corrected chi connectivity index (χ4v) is 6.23. The van der Waals surface area contributed by atoms with Gasteiger partial charge in [0.2, 0.25) is 11.8 Å². The van der Waals surface area contributed by atoms with E-state index in [0.717, 1.165) is 0 Å². The summed E-state index contributed by atoms with van der Waals surface area (Å²) in [6.45, 7) is 5.72. The smallest absolute Gasteiger partial charge is 0.353 e. The van der Waals surface area contributed by atoms with Crippen molar-refractivity contribution in [3.8, 4) is 0 Å². The van der Waals surface area contributed by atoms with Crippen molar-refractivity contribution in [2.75, 3.05) is 27.7 Å². The van der Waals surface area contributed by atoms with Gasteiger partial charge in [-0.15, -0.1) is 11.8 Å². The molecular weight excluding hydrogens is 450 g/mol. The predicted molar refractivity (Wildman–Crippen MR) is 122 cm³/mol. The van der Waals surface area contributed by atoms with Crippen LogP contribution in [0.5, 0.6) is 0 Å². The van der Waals surface area contributed by atoms with Gasteiger partial charge in [-0.3, -0.25) is 14.4 Å². The normalized spacial score (nSPS) is 30.0. The maximum atomic E-state index is 13.0. The third-order valence-corrected chi connectivity index (χ3v) is 7.88. The highest BCUT2D eigenvalue weighted by molar-refractivity contribution is 8.03. The lowest BCUT2D eigenvalue weighted by atomic mass is 9.78. The standard InChI is InChI=1S/C21H31N5O6S/c1-9-15-14(10(2)23-18(27)11(3)24-32-6)20(29)26(15)16(21(30)31)17(9)33-12-7-13(22-8-12)19(28)25(4)5/h9-10,12-15,22H,7-8H2,1-6H3,(H,23,27)(H,30,31)/b24-11+/t9-,10?,12+,13+,14-,15-/m1/s1. The molecule has 0 aliphatic carbocycles. The molecule has 33 heavy (non-hydrogen) atoms. The van der Waals surface area contributed by atoms with E-state index in [4.69, 9.17) is 0 Å². The fraction of sp³-hybridized carbons (Fsp3) is 0.667. The van der Waals surface area contributed by atoms with Gasteiger partial charge in [-0.2, -0.15) is 0 Å². The summed E-state index contributed by atoms with van der Waals surface area (Å²) in [4.78, 5) is 57.8. The number of carbonyl (C=O) groups is 4. The number of likely N-dealkylation sites (N-methyl/N-ethyl adjacent to an activating group) is 1. The zero-order valence-electron chi connectivity index (χ0n) is 19.6. The van der Waals surface area contributed by atoms with E-state index in [2.05, 4.69) is 20.6 Å². The van der Waals surface area contributed by atoms with Gasteiger partial charge in [-0.25, -0.2) is 4.79 Å². The minimum Gasteiger partial charge on any atom is -0.477 e. The molecule has 0 saturated carbocycles. The maximum absolute atomic E-state index is 13.0. The average molecular weight is 482 g/mol. The summed E-state index contributed by atoms with van der Waals surface area (Å²) in [6, 6.07) is -1.17. The molecule has 0 aromatic rings. The summed E-state index contributed by atoms with van der Waals surface area (Å²) in [6.07, 6.45) is 0.581. The van der Waals surface area contributed by atoms with Crippen LogP contribution in [-0.4, -0.2) is 95.4 Å². The molecule has 0 aromatic carbocycles. The lowest BCUT2D eigenvalue weighted by molar-refractivity contribution is -0.158. The van der Waals surface area contributed by atoms with Gasteiger partial charge < -0.3 is 30.4 Å². The van der Waals surface area contributed by atoms with E-state index in [1.807, 2.05) is 6.92 Å². The van der Waals surface area contributed by atoms with Crippen LogP contribution in [0.2, 0.25) is 0 Å². The first-order chi connectivity index (χ1) is 15.5. The second-order valence-corrected chi connectivity index (χ2v) is 10.2. The first-order valence-corrected chi connectivity index (χ1v) is 11.7. The van der Waals surface area contributed by atoms with Crippen LogP contribution >= 0.6 is 11.8 Å². The number of oxime groups is 1. The van der Waals surface area contributed by atoms with E-state index in [1.54, 1.807) is 21.0 Å². The monoisotopic (exact) mass is 481 g/mol. The zero-order chi connectivity index (χ0) is 24.6.